The molecule has 0 spiro atoms. The number of hydrogen-bond acceptors (Lipinski definition) is 4. The average Bonchev–Trinajstić information content (AvgIpc) is 2.47. The zero-order valence-corrected chi connectivity index (χ0v) is 11.2. The number of carbonyl (C=O) groups excluding carboxylic acids is 1. The molecule has 0 radical (unpaired) electrons. The van der Waals surface area contributed by atoms with Gasteiger partial charge in [-0.1, -0.05) is 17.7 Å². The summed E-state index contributed by atoms with van der Waals surface area (Å²) in [6.07, 6.45) is 1.49. The first-order valence-corrected chi connectivity index (χ1v) is 5.92. The number of amides is 1. The molecular formula is C13H12ClN3O2. The van der Waals surface area contributed by atoms with Crippen LogP contribution in [0.2, 0.25) is 5.02 Å². The third-order valence-electron chi connectivity index (χ3n) is 2.52. The van der Waals surface area contributed by atoms with Gasteiger partial charge in [-0.3, -0.25) is 4.79 Å². The monoisotopic (exact) mass is 277 g/mol. The van der Waals surface area contributed by atoms with Crippen LogP contribution in [0.1, 0.15) is 10.5 Å². The smallest absolute Gasteiger partial charge is 0.269 e. The van der Waals surface area contributed by atoms with Crippen molar-refractivity contribution in [3.8, 4) is 17.1 Å². The first kappa shape index (κ1) is 13.3. The van der Waals surface area contributed by atoms with Gasteiger partial charge in [0.1, 0.15) is 5.69 Å². The second-order valence-electron chi connectivity index (χ2n) is 3.69. The largest absolute Gasteiger partial charge is 0.481 e. The van der Waals surface area contributed by atoms with Crippen molar-refractivity contribution in [3.05, 3.63) is 41.2 Å². The summed E-state index contributed by atoms with van der Waals surface area (Å²) in [6, 6.07) is 6.83. The molecule has 0 bridgehead atoms. The summed E-state index contributed by atoms with van der Waals surface area (Å²) in [4.78, 5) is 19.8. The van der Waals surface area contributed by atoms with E-state index in [0.717, 1.165) is 0 Å². The van der Waals surface area contributed by atoms with Gasteiger partial charge >= 0.3 is 0 Å². The van der Waals surface area contributed by atoms with E-state index >= 15 is 0 Å². The van der Waals surface area contributed by atoms with Crippen LogP contribution < -0.4 is 10.1 Å². The fourth-order valence-electron chi connectivity index (χ4n) is 1.57. The molecule has 0 saturated carbocycles. The van der Waals surface area contributed by atoms with Crippen LogP contribution in [0.3, 0.4) is 0 Å². The number of nitrogens with one attached hydrogen (secondary N) is 1. The van der Waals surface area contributed by atoms with Crippen LogP contribution >= 0.6 is 11.6 Å². The van der Waals surface area contributed by atoms with Crippen molar-refractivity contribution in [2.24, 2.45) is 0 Å². The predicted molar refractivity (Wildman–Crippen MR) is 72.4 cm³/mol. The highest BCUT2D eigenvalue weighted by Gasteiger charge is 2.11. The second-order valence-corrected chi connectivity index (χ2v) is 4.10. The molecule has 2 aromatic rings. The number of carbonyl (C=O) groups is 1. The highest BCUT2D eigenvalue weighted by molar-refractivity contribution is 6.33. The van der Waals surface area contributed by atoms with E-state index in [9.17, 15) is 4.79 Å². The molecule has 0 fully saturated rings. The molecule has 5 nitrogen and oxygen atoms in total. The van der Waals surface area contributed by atoms with Gasteiger partial charge in [0.2, 0.25) is 5.88 Å². The Balaban J connectivity index is 2.49. The van der Waals surface area contributed by atoms with Gasteiger partial charge in [-0.2, -0.15) is 0 Å². The van der Waals surface area contributed by atoms with E-state index in [1.807, 2.05) is 0 Å². The lowest BCUT2D eigenvalue weighted by Crippen LogP contribution is -2.19. The molecule has 2 heterocycles. The quantitative estimate of drug-likeness (QED) is 0.934. The molecule has 0 aliphatic carbocycles. The van der Waals surface area contributed by atoms with Gasteiger partial charge in [-0.25, -0.2) is 9.97 Å². The zero-order chi connectivity index (χ0) is 13.8. The van der Waals surface area contributed by atoms with Crippen molar-refractivity contribution in [2.45, 2.75) is 0 Å². The van der Waals surface area contributed by atoms with Gasteiger partial charge in [0.25, 0.3) is 5.91 Å². The lowest BCUT2D eigenvalue weighted by atomic mass is 10.1. The molecule has 98 valence electrons. The topological polar surface area (TPSA) is 64.1 Å². The fourth-order valence-corrected chi connectivity index (χ4v) is 1.77. The number of hydrogen-bond donors (Lipinski definition) is 1. The van der Waals surface area contributed by atoms with Crippen LogP contribution in [0.5, 0.6) is 5.88 Å². The average molecular weight is 278 g/mol. The minimum absolute atomic E-state index is 0.251. The van der Waals surface area contributed by atoms with E-state index in [2.05, 4.69) is 15.3 Å². The molecule has 1 amide bonds. The number of nitrogens with zero attached hydrogens (tertiary/aromatic N) is 2. The predicted octanol–water partition coefficient (Wildman–Crippen LogP) is 2.17. The van der Waals surface area contributed by atoms with E-state index in [1.54, 1.807) is 31.3 Å². The van der Waals surface area contributed by atoms with Crippen molar-refractivity contribution in [1.82, 2.24) is 15.3 Å². The molecule has 0 saturated heterocycles. The first-order chi connectivity index (χ1) is 9.15. The van der Waals surface area contributed by atoms with Crippen molar-refractivity contribution in [2.75, 3.05) is 14.2 Å². The number of halogens is 1. The maximum atomic E-state index is 11.6. The molecule has 0 aliphatic heterocycles. The molecule has 0 aromatic carbocycles. The van der Waals surface area contributed by atoms with Crippen LogP contribution in [-0.2, 0) is 0 Å². The summed E-state index contributed by atoms with van der Waals surface area (Å²) < 4.78 is 5.05. The third kappa shape index (κ3) is 2.82. The molecule has 6 heteroatoms. The molecule has 2 aromatic heterocycles. The summed E-state index contributed by atoms with van der Waals surface area (Å²) in [5.41, 5.74) is 1.58. The number of rotatable bonds is 3. The van der Waals surface area contributed by atoms with Crippen LogP contribution in [0.25, 0.3) is 11.3 Å². The van der Waals surface area contributed by atoms with E-state index in [0.29, 0.717) is 27.9 Å². The van der Waals surface area contributed by atoms with Gasteiger partial charge in [0, 0.05) is 18.7 Å². The Labute approximate surface area is 115 Å². The van der Waals surface area contributed by atoms with Crippen LogP contribution in [0.15, 0.2) is 30.5 Å². The minimum Gasteiger partial charge on any atom is -0.481 e. The number of methoxy groups -OCH3 is 1. The van der Waals surface area contributed by atoms with E-state index in [4.69, 9.17) is 16.3 Å². The first-order valence-electron chi connectivity index (χ1n) is 5.54. The number of aromatic nitrogens is 2. The number of pyridine rings is 2. The van der Waals surface area contributed by atoms with Gasteiger partial charge < -0.3 is 10.1 Å². The van der Waals surface area contributed by atoms with Crippen molar-refractivity contribution >= 4 is 17.5 Å². The Hall–Kier alpha value is -2.14. The number of ether oxygens (including phenoxy) is 1. The molecule has 0 unspecified atom stereocenters. The zero-order valence-electron chi connectivity index (χ0n) is 10.5. The third-order valence-corrected chi connectivity index (χ3v) is 2.83. The van der Waals surface area contributed by atoms with E-state index < -0.39 is 0 Å². The van der Waals surface area contributed by atoms with Gasteiger partial charge in [0.05, 0.1) is 24.0 Å². The van der Waals surface area contributed by atoms with Gasteiger partial charge in [-0.15, -0.1) is 0 Å². The van der Waals surface area contributed by atoms with Crippen molar-refractivity contribution in [1.29, 1.82) is 0 Å². The molecule has 0 atom stereocenters. The maximum Gasteiger partial charge on any atom is 0.269 e. The van der Waals surface area contributed by atoms with Crippen LogP contribution in [0.4, 0.5) is 0 Å². The van der Waals surface area contributed by atoms with Crippen molar-refractivity contribution < 1.29 is 9.53 Å². The highest BCUT2D eigenvalue weighted by Crippen LogP contribution is 2.28. The van der Waals surface area contributed by atoms with Gasteiger partial charge in [0.15, 0.2) is 0 Å². The van der Waals surface area contributed by atoms with E-state index in [-0.39, 0.29) is 5.91 Å². The summed E-state index contributed by atoms with van der Waals surface area (Å²) in [6.45, 7) is 0. The lowest BCUT2D eigenvalue weighted by Gasteiger charge is -2.07. The highest BCUT2D eigenvalue weighted by atomic mass is 35.5. The second kappa shape index (κ2) is 5.67. The Morgan fingerprint density at radius 3 is 2.89 bits per heavy atom. The van der Waals surface area contributed by atoms with Crippen molar-refractivity contribution in [3.63, 3.8) is 0 Å². The Morgan fingerprint density at radius 2 is 2.21 bits per heavy atom. The summed E-state index contributed by atoms with van der Waals surface area (Å²) in [7, 11) is 3.08. The fraction of sp³-hybridized carbons (Fsp3) is 0.154. The van der Waals surface area contributed by atoms with E-state index in [1.165, 1.54) is 13.3 Å². The van der Waals surface area contributed by atoms with Crippen LogP contribution in [-0.4, -0.2) is 30.0 Å². The molecular weight excluding hydrogens is 266 g/mol. The van der Waals surface area contributed by atoms with Gasteiger partial charge in [-0.05, 0) is 12.1 Å². The summed E-state index contributed by atoms with van der Waals surface area (Å²) in [5.74, 6) is 0.186. The Kier molecular flexibility index (Phi) is 3.97. The summed E-state index contributed by atoms with van der Waals surface area (Å²) in [5, 5.41) is 2.97. The minimum atomic E-state index is -0.251. The molecule has 1 N–H and O–H groups in total. The SMILES string of the molecule is CNC(=O)c1cccc(-c2cc(OC)ncc2Cl)n1. The summed E-state index contributed by atoms with van der Waals surface area (Å²) >= 11 is 6.09. The lowest BCUT2D eigenvalue weighted by molar-refractivity contribution is 0.0958. The molecule has 19 heavy (non-hydrogen) atoms. The maximum absolute atomic E-state index is 11.6. The Morgan fingerprint density at radius 1 is 1.42 bits per heavy atom. The normalized spacial score (nSPS) is 10.1. The van der Waals surface area contributed by atoms with Crippen LogP contribution in [0, 0.1) is 0 Å². The Bertz CT molecular complexity index is 617. The standard InChI is InChI=1S/C13H12ClN3O2/c1-15-13(18)11-5-3-4-10(17-11)8-6-12(19-2)16-7-9(8)14/h3-7H,1-2H3,(H,15,18). The molecule has 0 aliphatic rings. The molecule has 2 rings (SSSR count).